The van der Waals surface area contributed by atoms with Crippen LogP contribution in [0.15, 0.2) is 48.4 Å². The molecule has 208 valence electrons. The molecule has 4 N–H and O–H groups in total. The fraction of sp³-hybridized carbons (Fsp3) is 0.444. The number of hydrogen-bond acceptors (Lipinski definition) is 9. The largest absolute Gasteiger partial charge is 0.444 e. The first-order valence-electron chi connectivity index (χ1n) is 12.9. The molecule has 2 atom stereocenters. The van der Waals surface area contributed by atoms with Gasteiger partial charge < -0.3 is 35.9 Å². The van der Waals surface area contributed by atoms with Crippen LogP contribution in [0.25, 0.3) is 0 Å². The average Bonchev–Trinajstić information content (AvgIpc) is 2.92. The molecule has 11 nitrogen and oxygen atoms in total. The monoisotopic (exact) mass is 554 g/mol. The minimum absolute atomic E-state index is 0.0367. The van der Waals surface area contributed by atoms with Gasteiger partial charge in [-0.3, -0.25) is 4.79 Å². The molecular formula is C27H35ClN8O3. The standard InChI is InChI=1S/C27H35ClN8O3/c1-27(2,3)39-26(38)36-17-20-9-10-21(36)16-35(20)23(37)15-30-13-19(11-29)33-25-32-14-22(28)24(34-25)31-12-18-7-5-4-6-8-18/h4-8,11,13-14,20-21,29-30H,9-10,12,15-17H2,1-3H3,(H2,31,32,33,34)/b19-13+,29-11?. The van der Waals surface area contributed by atoms with Crippen molar-refractivity contribution in [1.29, 1.82) is 5.41 Å². The molecule has 1 aromatic carbocycles. The summed E-state index contributed by atoms with van der Waals surface area (Å²) in [6.45, 7) is 7.10. The van der Waals surface area contributed by atoms with E-state index in [4.69, 9.17) is 21.7 Å². The van der Waals surface area contributed by atoms with Crippen LogP contribution in [-0.4, -0.2) is 75.3 Å². The Morgan fingerprint density at radius 2 is 1.85 bits per heavy atom. The molecule has 1 aromatic heterocycles. The van der Waals surface area contributed by atoms with Crippen molar-refractivity contribution in [1.82, 2.24) is 25.1 Å². The fourth-order valence-corrected chi connectivity index (χ4v) is 4.76. The lowest BCUT2D eigenvalue weighted by Gasteiger charge is -2.51. The number of ether oxygens (including phenoxy) is 1. The number of benzene rings is 1. The number of rotatable bonds is 9. The highest BCUT2D eigenvalue weighted by molar-refractivity contribution is 6.32. The molecular weight excluding hydrogens is 520 g/mol. The highest BCUT2D eigenvalue weighted by atomic mass is 35.5. The van der Waals surface area contributed by atoms with E-state index in [9.17, 15) is 9.59 Å². The number of carbonyl (C=O) groups excluding carboxylic acids is 2. The summed E-state index contributed by atoms with van der Waals surface area (Å²) in [5.41, 5.74) is 0.891. The van der Waals surface area contributed by atoms with E-state index in [1.54, 1.807) is 4.90 Å². The normalized spacial score (nSPS) is 18.9. The van der Waals surface area contributed by atoms with Gasteiger partial charge in [0.15, 0.2) is 5.82 Å². The Labute approximate surface area is 233 Å². The first-order chi connectivity index (χ1) is 18.6. The molecule has 2 amide bonds. The van der Waals surface area contributed by atoms with Gasteiger partial charge >= 0.3 is 6.09 Å². The molecule has 0 saturated carbocycles. The van der Waals surface area contributed by atoms with E-state index in [1.165, 1.54) is 12.4 Å². The van der Waals surface area contributed by atoms with Crippen molar-refractivity contribution in [2.45, 2.75) is 57.8 Å². The van der Waals surface area contributed by atoms with Gasteiger partial charge in [-0.2, -0.15) is 4.98 Å². The fourth-order valence-electron chi connectivity index (χ4n) is 4.60. The van der Waals surface area contributed by atoms with Crippen LogP contribution in [-0.2, 0) is 16.1 Å². The maximum Gasteiger partial charge on any atom is 0.410 e. The Kier molecular flexibility index (Phi) is 8.90. The molecule has 2 unspecified atom stereocenters. The molecule has 3 aliphatic rings. The van der Waals surface area contributed by atoms with Gasteiger partial charge in [0, 0.05) is 38.1 Å². The number of piperazine rings is 1. The maximum absolute atomic E-state index is 13.0. The van der Waals surface area contributed by atoms with Gasteiger partial charge in [0.2, 0.25) is 11.9 Å². The summed E-state index contributed by atoms with van der Waals surface area (Å²) in [7, 11) is 0. The van der Waals surface area contributed by atoms with Crippen LogP contribution in [0.1, 0.15) is 39.2 Å². The number of amides is 2. The zero-order chi connectivity index (χ0) is 28.0. The van der Waals surface area contributed by atoms with Gasteiger partial charge in [-0.1, -0.05) is 41.9 Å². The van der Waals surface area contributed by atoms with Crippen molar-refractivity contribution >= 4 is 41.6 Å². The number of allylic oxidation sites excluding steroid dienone is 1. The number of anilines is 2. The van der Waals surface area contributed by atoms with Crippen LogP contribution in [0.5, 0.6) is 0 Å². The third-order valence-electron chi connectivity index (χ3n) is 6.45. The van der Waals surface area contributed by atoms with Gasteiger partial charge in [0.1, 0.15) is 10.6 Å². The zero-order valence-corrected chi connectivity index (χ0v) is 23.2. The van der Waals surface area contributed by atoms with E-state index in [0.717, 1.165) is 24.6 Å². The summed E-state index contributed by atoms with van der Waals surface area (Å²) in [4.78, 5) is 37.7. The third-order valence-corrected chi connectivity index (χ3v) is 6.72. The second-order valence-corrected chi connectivity index (χ2v) is 11.0. The summed E-state index contributed by atoms with van der Waals surface area (Å²) in [6, 6.07) is 9.78. The summed E-state index contributed by atoms with van der Waals surface area (Å²) in [6.07, 6.45) is 5.51. The topological polar surface area (TPSA) is 136 Å². The minimum Gasteiger partial charge on any atom is -0.444 e. The number of hydrogen-bond donors (Lipinski definition) is 4. The number of fused-ring (bicyclic) bond motifs is 3. The molecule has 0 radical (unpaired) electrons. The summed E-state index contributed by atoms with van der Waals surface area (Å²) in [5.74, 6) is 0.656. The molecule has 12 heteroatoms. The van der Waals surface area contributed by atoms with Crippen LogP contribution in [0.2, 0.25) is 5.02 Å². The van der Waals surface area contributed by atoms with E-state index in [0.29, 0.717) is 36.2 Å². The van der Waals surface area contributed by atoms with E-state index in [2.05, 4.69) is 25.9 Å². The molecule has 5 rings (SSSR count). The highest BCUT2D eigenvalue weighted by Crippen LogP contribution is 2.30. The van der Waals surface area contributed by atoms with Gasteiger partial charge in [-0.05, 0) is 39.2 Å². The summed E-state index contributed by atoms with van der Waals surface area (Å²) < 4.78 is 5.54. The van der Waals surface area contributed by atoms with Crippen LogP contribution in [0, 0.1) is 5.41 Å². The Morgan fingerprint density at radius 3 is 2.49 bits per heavy atom. The molecule has 2 bridgehead atoms. The number of nitrogens with zero attached hydrogens (tertiary/aromatic N) is 4. The number of nitrogens with one attached hydrogen (secondary N) is 4. The third kappa shape index (κ3) is 7.60. The number of carbonyl (C=O) groups is 2. The molecule has 3 fully saturated rings. The number of piperidine rings is 2. The molecule has 3 saturated heterocycles. The molecule has 3 aliphatic heterocycles. The smallest absolute Gasteiger partial charge is 0.410 e. The van der Waals surface area contributed by atoms with Crippen LogP contribution < -0.4 is 16.0 Å². The molecule has 0 spiro atoms. The molecule has 0 aliphatic carbocycles. The Bertz CT molecular complexity index is 1220. The van der Waals surface area contributed by atoms with E-state index < -0.39 is 5.60 Å². The maximum atomic E-state index is 13.0. The summed E-state index contributed by atoms with van der Waals surface area (Å²) in [5, 5.41) is 17.2. The lowest BCUT2D eigenvalue weighted by atomic mass is 9.91. The van der Waals surface area contributed by atoms with Crippen molar-refractivity contribution in [3.63, 3.8) is 0 Å². The van der Waals surface area contributed by atoms with E-state index in [-0.39, 0.29) is 36.6 Å². The summed E-state index contributed by atoms with van der Waals surface area (Å²) >= 11 is 6.25. The van der Waals surface area contributed by atoms with Crippen molar-refractivity contribution < 1.29 is 14.3 Å². The van der Waals surface area contributed by atoms with Gasteiger partial charge in [-0.25, -0.2) is 9.78 Å². The van der Waals surface area contributed by atoms with Crippen LogP contribution in [0.3, 0.4) is 0 Å². The molecule has 2 aromatic rings. The lowest BCUT2D eigenvalue weighted by molar-refractivity contribution is -0.140. The highest BCUT2D eigenvalue weighted by Gasteiger charge is 2.43. The van der Waals surface area contributed by atoms with Crippen LogP contribution >= 0.6 is 11.6 Å². The first kappa shape index (κ1) is 28.2. The van der Waals surface area contributed by atoms with Gasteiger partial charge in [0.05, 0.1) is 24.5 Å². The molecule has 39 heavy (non-hydrogen) atoms. The minimum atomic E-state index is -0.558. The quantitative estimate of drug-likeness (QED) is 0.343. The second kappa shape index (κ2) is 12.3. The molecule has 4 heterocycles. The Hall–Kier alpha value is -3.86. The van der Waals surface area contributed by atoms with Crippen molar-refractivity contribution in [2.24, 2.45) is 0 Å². The van der Waals surface area contributed by atoms with Gasteiger partial charge in [-0.15, -0.1) is 0 Å². The Balaban J connectivity index is 1.29. The number of aromatic nitrogens is 2. The predicted molar refractivity (Wildman–Crippen MR) is 151 cm³/mol. The first-order valence-corrected chi connectivity index (χ1v) is 13.3. The zero-order valence-electron chi connectivity index (χ0n) is 22.4. The van der Waals surface area contributed by atoms with E-state index in [1.807, 2.05) is 56.0 Å². The SMILES string of the molecule is CC(C)(C)OC(=O)N1CC2CCC1CN2C(=O)CN/C=C(\C=N)Nc1ncc(Cl)c(NCc2ccccc2)n1. The van der Waals surface area contributed by atoms with E-state index >= 15 is 0 Å². The predicted octanol–water partition coefficient (Wildman–Crippen LogP) is 3.84. The average molecular weight is 555 g/mol. The van der Waals surface area contributed by atoms with Crippen LogP contribution in [0.4, 0.5) is 16.6 Å². The van der Waals surface area contributed by atoms with Crippen molar-refractivity contribution in [2.75, 3.05) is 30.3 Å². The second-order valence-electron chi connectivity index (χ2n) is 10.5. The van der Waals surface area contributed by atoms with Crippen molar-refractivity contribution in [3.8, 4) is 0 Å². The Morgan fingerprint density at radius 1 is 1.15 bits per heavy atom. The van der Waals surface area contributed by atoms with Crippen molar-refractivity contribution in [3.05, 3.63) is 59.0 Å². The number of halogens is 1. The van der Waals surface area contributed by atoms with Gasteiger partial charge in [0.25, 0.3) is 0 Å². The lowest BCUT2D eigenvalue weighted by Crippen LogP contribution is -2.66.